The minimum absolute atomic E-state index is 0.0393. The van der Waals surface area contributed by atoms with Gasteiger partial charge < -0.3 is 31.8 Å². The molecule has 0 aliphatic heterocycles. The molecule has 140 valence electrons. The molecule has 0 saturated carbocycles. The molecule has 7 N–H and O–H groups in total. The highest BCUT2D eigenvalue weighted by Crippen LogP contribution is 2.37. The lowest BCUT2D eigenvalue weighted by Crippen LogP contribution is -2.10. The molecule has 0 aromatic heterocycles. The van der Waals surface area contributed by atoms with Gasteiger partial charge in [0.2, 0.25) is 0 Å². The molecule has 0 atom stereocenters. The molecule has 0 fully saturated rings. The third-order valence-electron chi connectivity index (χ3n) is 3.72. The quantitative estimate of drug-likeness (QED) is 0.377. The van der Waals surface area contributed by atoms with Gasteiger partial charge >= 0.3 is 5.97 Å². The number of nitrogens with two attached hydrogens (primary N) is 3. The average molecular weight is 359 g/mol. The Kier molecular flexibility index (Phi) is 7.25. The predicted octanol–water partition coefficient (Wildman–Crippen LogP) is 2.09. The van der Waals surface area contributed by atoms with Crippen LogP contribution in [0.5, 0.6) is 11.5 Å². The summed E-state index contributed by atoms with van der Waals surface area (Å²) in [6, 6.07) is 10.4. The van der Waals surface area contributed by atoms with Crippen LogP contribution >= 0.6 is 0 Å². The highest BCUT2D eigenvalue weighted by molar-refractivity contribution is 5.93. The lowest BCUT2D eigenvalue weighted by molar-refractivity contribution is 0.0691. The summed E-state index contributed by atoms with van der Waals surface area (Å²) in [5, 5.41) is 9.52. The number of ether oxygens (including phenoxy) is 2. The van der Waals surface area contributed by atoms with E-state index in [9.17, 15) is 9.90 Å². The summed E-state index contributed by atoms with van der Waals surface area (Å²) in [5.74, 6) is -0.363. The second-order valence-corrected chi connectivity index (χ2v) is 5.76. The van der Waals surface area contributed by atoms with Crippen molar-refractivity contribution in [3.8, 4) is 22.6 Å². The predicted molar refractivity (Wildman–Crippen MR) is 102 cm³/mol. The van der Waals surface area contributed by atoms with Gasteiger partial charge in [-0.05, 0) is 55.8 Å². The van der Waals surface area contributed by atoms with Crippen LogP contribution in [0.15, 0.2) is 36.4 Å². The first-order valence-electron chi connectivity index (χ1n) is 8.49. The molecular weight excluding hydrogens is 334 g/mol. The van der Waals surface area contributed by atoms with Crippen molar-refractivity contribution in [1.29, 1.82) is 0 Å². The van der Waals surface area contributed by atoms with Crippen molar-refractivity contribution < 1.29 is 19.4 Å². The summed E-state index contributed by atoms with van der Waals surface area (Å²) >= 11 is 0. The number of rotatable bonds is 10. The minimum Gasteiger partial charge on any atom is -0.493 e. The van der Waals surface area contributed by atoms with Crippen LogP contribution in [0.1, 0.15) is 23.2 Å². The third kappa shape index (κ3) is 5.11. The highest BCUT2D eigenvalue weighted by atomic mass is 16.5. The summed E-state index contributed by atoms with van der Waals surface area (Å²) in [6.07, 6.45) is 1.29. The molecule has 0 amide bonds. The van der Waals surface area contributed by atoms with E-state index in [-0.39, 0.29) is 11.3 Å². The lowest BCUT2D eigenvalue weighted by atomic mass is 10.0. The van der Waals surface area contributed by atoms with Gasteiger partial charge in [-0.2, -0.15) is 0 Å². The molecular formula is C19H25N3O4. The molecule has 0 aliphatic carbocycles. The number of carboxylic acids is 1. The Hall–Kier alpha value is -2.77. The highest BCUT2D eigenvalue weighted by Gasteiger charge is 2.18. The fraction of sp³-hybridized carbons (Fsp3) is 0.316. The number of hydrogen-bond acceptors (Lipinski definition) is 6. The van der Waals surface area contributed by atoms with E-state index in [1.807, 2.05) is 12.1 Å². The van der Waals surface area contributed by atoms with Crippen molar-refractivity contribution >= 4 is 11.7 Å². The second kappa shape index (κ2) is 9.65. The van der Waals surface area contributed by atoms with Crippen molar-refractivity contribution in [2.24, 2.45) is 11.5 Å². The third-order valence-corrected chi connectivity index (χ3v) is 3.72. The van der Waals surface area contributed by atoms with Crippen LogP contribution in [0.3, 0.4) is 0 Å². The molecule has 0 bridgehead atoms. The number of nitrogen functional groups attached to an aromatic ring is 1. The van der Waals surface area contributed by atoms with E-state index in [1.54, 1.807) is 18.2 Å². The summed E-state index contributed by atoms with van der Waals surface area (Å²) < 4.78 is 11.4. The molecule has 0 heterocycles. The molecule has 2 aromatic rings. The van der Waals surface area contributed by atoms with Crippen LogP contribution in [-0.4, -0.2) is 37.4 Å². The van der Waals surface area contributed by atoms with E-state index in [0.29, 0.717) is 56.1 Å². The average Bonchev–Trinajstić information content (AvgIpc) is 2.62. The number of benzene rings is 2. The number of aromatic carboxylic acids is 1. The van der Waals surface area contributed by atoms with Crippen molar-refractivity contribution in [2.45, 2.75) is 12.8 Å². The number of anilines is 1. The van der Waals surface area contributed by atoms with Gasteiger partial charge in [0, 0.05) is 11.3 Å². The molecule has 0 unspecified atom stereocenters. The SMILES string of the molecule is NCCCOc1cc(-c2cccc(N)c2)c(OCCCN)cc1C(=O)O. The van der Waals surface area contributed by atoms with Crippen molar-refractivity contribution in [1.82, 2.24) is 0 Å². The van der Waals surface area contributed by atoms with E-state index < -0.39 is 5.97 Å². The van der Waals surface area contributed by atoms with Gasteiger partial charge in [-0.1, -0.05) is 12.1 Å². The van der Waals surface area contributed by atoms with E-state index in [2.05, 4.69) is 0 Å². The van der Waals surface area contributed by atoms with Crippen LogP contribution in [0.2, 0.25) is 0 Å². The summed E-state index contributed by atoms with van der Waals surface area (Å²) in [6.45, 7) is 1.67. The van der Waals surface area contributed by atoms with Gasteiger partial charge in [-0.15, -0.1) is 0 Å². The van der Waals surface area contributed by atoms with Gasteiger partial charge in [0.05, 0.1) is 13.2 Å². The maximum atomic E-state index is 11.6. The van der Waals surface area contributed by atoms with Crippen LogP contribution in [0, 0.1) is 0 Å². The summed E-state index contributed by atoms with van der Waals surface area (Å²) in [7, 11) is 0. The Morgan fingerprint density at radius 3 is 2.19 bits per heavy atom. The van der Waals surface area contributed by atoms with Crippen LogP contribution in [0.4, 0.5) is 5.69 Å². The number of carbonyl (C=O) groups is 1. The summed E-state index contributed by atoms with van der Waals surface area (Å²) in [4.78, 5) is 11.6. The van der Waals surface area contributed by atoms with Gasteiger partial charge in [-0.25, -0.2) is 4.79 Å². The Morgan fingerprint density at radius 2 is 1.62 bits per heavy atom. The molecule has 2 aromatic carbocycles. The first-order valence-corrected chi connectivity index (χ1v) is 8.49. The molecule has 7 nitrogen and oxygen atoms in total. The van der Waals surface area contributed by atoms with Crippen molar-refractivity contribution in [3.05, 3.63) is 42.0 Å². The first kappa shape index (κ1) is 19.6. The van der Waals surface area contributed by atoms with Crippen molar-refractivity contribution in [3.63, 3.8) is 0 Å². The standard InChI is InChI=1S/C19H25N3O4/c20-6-2-8-25-17-12-16(19(23)24)18(26-9-3-7-21)11-15(17)13-4-1-5-14(22)10-13/h1,4-5,10-12H,2-3,6-9,20-22H2,(H,23,24). The largest absolute Gasteiger partial charge is 0.493 e. The lowest BCUT2D eigenvalue weighted by Gasteiger charge is -2.16. The first-order chi connectivity index (χ1) is 12.6. The van der Waals surface area contributed by atoms with E-state index in [0.717, 1.165) is 5.56 Å². The normalized spacial score (nSPS) is 10.5. The van der Waals surface area contributed by atoms with Gasteiger partial charge in [0.15, 0.2) is 0 Å². The zero-order chi connectivity index (χ0) is 18.9. The zero-order valence-corrected chi connectivity index (χ0v) is 14.6. The molecule has 7 heteroatoms. The number of carboxylic acid groups (broad SMARTS) is 1. The monoisotopic (exact) mass is 359 g/mol. The van der Waals surface area contributed by atoms with Crippen molar-refractivity contribution in [2.75, 3.05) is 32.0 Å². The van der Waals surface area contributed by atoms with Gasteiger partial charge in [-0.3, -0.25) is 0 Å². The smallest absolute Gasteiger partial charge is 0.339 e. The minimum atomic E-state index is -1.09. The Balaban J connectivity index is 2.49. The molecule has 2 rings (SSSR count). The van der Waals surface area contributed by atoms with E-state index >= 15 is 0 Å². The molecule has 0 aliphatic rings. The topological polar surface area (TPSA) is 134 Å². The molecule has 0 radical (unpaired) electrons. The Labute approximate surface area is 152 Å². The Bertz CT molecular complexity index is 750. The second-order valence-electron chi connectivity index (χ2n) is 5.76. The fourth-order valence-corrected chi connectivity index (χ4v) is 2.43. The van der Waals surface area contributed by atoms with E-state index in [4.69, 9.17) is 26.7 Å². The molecule has 0 saturated heterocycles. The van der Waals surface area contributed by atoms with Crippen LogP contribution in [0.25, 0.3) is 11.1 Å². The van der Waals surface area contributed by atoms with Crippen LogP contribution in [-0.2, 0) is 0 Å². The summed E-state index contributed by atoms with van der Waals surface area (Å²) in [5.41, 5.74) is 19.0. The van der Waals surface area contributed by atoms with Gasteiger partial charge in [0.1, 0.15) is 17.1 Å². The van der Waals surface area contributed by atoms with Gasteiger partial charge in [0.25, 0.3) is 0 Å². The number of hydrogen-bond donors (Lipinski definition) is 4. The van der Waals surface area contributed by atoms with E-state index in [1.165, 1.54) is 6.07 Å². The zero-order valence-electron chi connectivity index (χ0n) is 14.6. The maximum absolute atomic E-state index is 11.6. The fourth-order valence-electron chi connectivity index (χ4n) is 2.43. The maximum Gasteiger partial charge on any atom is 0.339 e. The van der Waals surface area contributed by atoms with Crippen LogP contribution < -0.4 is 26.7 Å². The molecule has 26 heavy (non-hydrogen) atoms. The molecule has 0 spiro atoms. The Morgan fingerprint density at radius 1 is 0.962 bits per heavy atom.